The summed E-state index contributed by atoms with van der Waals surface area (Å²) in [7, 11) is 0. The first kappa shape index (κ1) is 7.61. The van der Waals surface area contributed by atoms with Crippen LogP contribution in [0.5, 0.6) is 0 Å². The Kier molecular flexibility index (Phi) is 2.18. The maximum atomic E-state index is 2.29. The van der Waals surface area contributed by atoms with E-state index in [-0.39, 0.29) is 0 Å². The molecule has 0 radical (unpaired) electrons. The van der Waals surface area contributed by atoms with Gasteiger partial charge in [0, 0.05) is 16.2 Å². The smallest absolute Gasteiger partial charge is 0.157 e. The minimum atomic E-state index is 1.10. The summed E-state index contributed by atoms with van der Waals surface area (Å²) in [5, 5.41) is 1.34. The van der Waals surface area contributed by atoms with Crippen LogP contribution in [-0.2, 0) is 0 Å². The van der Waals surface area contributed by atoms with E-state index in [9.17, 15) is 0 Å². The molecule has 0 bridgehead atoms. The lowest BCUT2D eigenvalue weighted by Gasteiger charge is -1.88. The van der Waals surface area contributed by atoms with Gasteiger partial charge in [0.15, 0.2) is 6.20 Å². The molecule has 0 unspecified atom stereocenters. The quantitative estimate of drug-likeness (QED) is 0.519. The summed E-state index contributed by atoms with van der Waals surface area (Å²) in [5.41, 5.74) is 1.38. The van der Waals surface area contributed by atoms with Gasteiger partial charge in [-0.05, 0) is 40.4 Å². The molecule has 0 fully saturated rings. The van der Waals surface area contributed by atoms with Crippen LogP contribution in [-0.4, -0.2) is 5.75 Å². The Bertz CT molecular complexity index is 309. The Balaban J connectivity index is 2.55. The standard InChI is InChI=1S/C8H7INS/c9-5-7-6-11-8-3-1-2-4-10(7)8/h1-5H,6H2/q+1. The second-order valence-corrected chi connectivity index (χ2v) is 3.92. The summed E-state index contributed by atoms with van der Waals surface area (Å²) < 4.78 is 4.37. The summed E-state index contributed by atoms with van der Waals surface area (Å²) in [4.78, 5) is 0. The van der Waals surface area contributed by atoms with E-state index in [2.05, 4.69) is 55.6 Å². The van der Waals surface area contributed by atoms with Gasteiger partial charge in [0.05, 0.1) is 5.75 Å². The van der Waals surface area contributed by atoms with Crippen LogP contribution in [0.3, 0.4) is 0 Å². The second kappa shape index (κ2) is 3.15. The van der Waals surface area contributed by atoms with E-state index in [0.717, 1.165) is 5.75 Å². The molecule has 0 aliphatic carbocycles. The van der Waals surface area contributed by atoms with E-state index in [1.165, 1.54) is 10.7 Å². The zero-order chi connectivity index (χ0) is 7.68. The zero-order valence-electron chi connectivity index (χ0n) is 5.83. The molecule has 0 spiro atoms. The van der Waals surface area contributed by atoms with Crippen LogP contribution in [0.2, 0.25) is 0 Å². The van der Waals surface area contributed by atoms with Crippen molar-refractivity contribution >= 4 is 40.0 Å². The fourth-order valence-electron chi connectivity index (χ4n) is 1.08. The van der Waals surface area contributed by atoms with Crippen molar-refractivity contribution in [2.45, 2.75) is 5.03 Å². The van der Waals surface area contributed by atoms with Crippen LogP contribution in [0.25, 0.3) is 5.70 Å². The van der Waals surface area contributed by atoms with Gasteiger partial charge in [-0.15, -0.1) is 0 Å². The molecule has 1 aromatic heterocycles. The van der Waals surface area contributed by atoms with Crippen molar-refractivity contribution < 1.29 is 4.57 Å². The van der Waals surface area contributed by atoms with E-state index >= 15 is 0 Å². The van der Waals surface area contributed by atoms with E-state index in [1.54, 1.807) is 0 Å². The molecule has 0 N–H and O–H groups in total. The molecule has 2 rings (SSSR count). The van der Waals surface area contributed by atoms with Gasteiger partial charge < -0.3 is 0 Å². The highest BCUT2D eigenvalue weighted by Crippen LogP contribution is 2.24. The number of pyridine rings is 1. The molecule has 3 heteroatoms. The largest absolute Gasteiger partial charge is 0.246 e. The summed E-state index contributed by atoms with van der Waals surface area (Å²) in [5.74, 6) is 1.10. The van der Waals surface area contributed by atoms with Gasteiger partial charge in [0.1, 0.15) is 0 Å². The van der Waals surface area contributed by atoms with Gasteiger partial charge in [0.25, 0.3) is 0 Å². The Morgan fingerprint density at radius 1 is 1.55 bits per heavy atom. The highest BCUT2D eigenvalue weighted by molar-refractivity contribution is 14.1. The molecule has 11 heavy (non-hydrogen) atoms. The summed E-state index contributed by atoms with van der Waals surface area (Å²) in [6.45, 7) is 0. The molecular formula is C8H7INS+. The van der Waals surface area contributed by atoms with Crippen LogP contribution in [0.15, 0.2) is 33.5 Å². The highest BCUT2D eigenvalue weighted by atomic mass is 127. The van der Waals surface area contributed by atoms with Crippen LogP contribution >= 0.6 is 34.4 Å². The Morgan fingerprint density at radius 2 is 2.45 bits per heavy atom. The molecule has 0 saturated carbocycles. The third-order valence-electron chi connectivity index (χ3n) is 1.63. The van der Waals surface area contributed by atoms with Crippen LogP contribution in [0, 0.1) is 0 Å². The molecule has 2 heterocycles. The summed E-state index contributed by atoms with van der Waals surface area (Å²) >= 11 is 4.18. The first-order valence-corrected chi connectivity index (χ1v) is 5.58. The predicted octanol–water partition coefficient (Wildman–Crippen LogP) is 2.31. The van der Waals surface area contributed by atoms with E-state index in [0.29, 0.717) is 0 Å². The van der Waals surface area contributed by atoms with Crippen LogP contribution in [0.4, 0.5) is 0 Å². The molecule has 0 aromatic carbocycles. The molecule has 1 aromatic rings. The van der Waals surface area contributed by atoms with E-state index < -0.39 is 0 Å². The molecule has 56 valence electrons. The molecule has 1 aliphatic rings. The van der Waals surface area contributed by atoms with Crippen molar-refractivity contribution in [1.29, 1.82) is 0 Å². The van der Waals surface area contributed by atoms with Crippen molar-refractivity contribution in [2.24, 2.45) is 0 Å². The van der Waals surface area contributed by atoms with E-state index in [4.69, 9.17) is 0 Å². The maximum absolute atomic E-state index is 2.29. The number of rotatable bonds is 0. The maximum Gasteiger partial charge on any atom is 0.246 e. The molecule has 0 saturated heterocycles. The van der Waals surface area contributed by atoms with Crippen molar-refractivity contribution in [3.8, 4) is 0 Å². The number of hydrogen-bond donors (Lipinski definition) is 0. The van der Waals surface area contributed by atoms with Gasteiger partial charge in [-0.2, -0.15) is 4.57 Å². The minimum Gasteiger partial charge on any atom is -0.157 e. The van der Waals surface area contributed by atoms with Gasteiger partial charge in [-0.1, -0.05) is 0 Å². The number of aromatic nitrogens is 1. The average molecular weight is 276 g/mol. The average Bonchev–Trinajstić information content (AvgIpc) is 2.47. The normalized spacial score (nSPS) is 18.8. The molecule has 1 aliphatic heterocycles. The second-order valence-electron chi connectivity index (χ2n) is 2.30. The molecule has 1 nitrogen and oxygen atoms in total. The first-order chi connectivity index (χ1) is 5.42. The van der Waals surface area contributed by atoms with Crippen molar-refractivity contribution in [2.75, 3.05) is 5.75 Å². The van der Waals surface area contributed by atoms with Gasteiger partial charge in [-0.25, -0.2) is 0 Å². The van der Waals surface area contributed by atoms with Crippen molar-refractivity contribution in [3.63, 3.8) is 0 Å². The molecular weight excluding hydrogens is 269 g/mol. The Labute approximate surface area is 83.6 Å². The molecule has 0 atom stereocenters. The lowest BCUT2D eigenvalue weighted by molar-refractivity contribution is -0.617. The molecule has 0 amide bonds. The highest BCUT2D eigenvalue weighted by Gasteiger charge is 2.23. The van der Waals surface area contributed by atoms with Crippen LogP contribution in [0.1, 0.15) is 0 Å². The monoisotopic (exact) mass is 276 g/mol. The third-order valence-corrected chi connectivity index (χ3v) is 3.41. The van der Waals surface area contributed by atoms with Gasteiger partial charge in [0.2, 0.25) is 10.7 Å². The van der Waals surface area contributed by atoms with E-state index in [1.807, 2.05) is 11.8 Å². The first-order valence-electron chi connectivity index (χ1n) is 3.35. The van der Waals surface area contributed by atoms with Crippen molar-refractivity contribution in [1.82, 2.24) is 0 Å². The lowest BCUT2D eigenvalue weighted by atomic mass is 10.4. The third kappa shape index (κ3) is 1.31. The van der Waals surface area contributed by atoms with Crippen molar-refractivity contribution in [3.05, 3.63) is 28.5 Å². The SMILES string of the molecule is IC=C1CSc2cccc[n+]21. The van der Waals surface area contributed by atoms with Gasteiger partial charge >= 0.3 is 0 Å². The van der Waals surface area contributed by atoms with Gasteiger partial charge in [-0.3, -0.25) is 0 Å². The summed E-state index contributed by atoms with van der Waals surface area (Å²) in [6.07, 6.45) is 2.11. The number of nitrogens with zero attached hydrogens (tertiary/aromatic N) is 1. The lowest BCUT2D eigenvalue weighted by Crippen LogP contribution is -2.30. The fourth-order valence-corrected chi connectivity index (χ4v) is 2.91. The number of fused-ring (bicyclic) bond motifs is 1. The fraction of sp³-hybridized carbons (Fsp3) is 0.125. The Hall–Kier alpha value is -0.0300. The number of thioether (sulfide) groups is 1. The summed E-state index contributed by atoms with van der Waals surface area (Å²) in [6, 6.07) is 6.29. The number of halogens is 1. The number of hydrogen-bond acceptors (Lipinski definition) is 1. The van der Waals surface area contributed by atoms with Crippen LogP contribution < -0.4 is 4.57 Å². The minimum absolute atomic E-state index is 1.10. The zero-order valence-corrected chi connectivity index (χ0v) is 8.80. The topological polar surface area (TPSA) is 3.88 Å². The predicted molar refractivity (Wildman–Crippen MR) is 55.7 cm³/mol. The Morgan fingerprint density at radius 3 is 3.27 bits per heavy atom.